The molecule has 2 heterocycles. The minimum absolute atomic E-state index is 0.135. The van der Waals surface area contributed by atoms with Gasteiger partial charge in [-0.3, -0.25) is 9.78 Å². The molecule has 0 aliphatic rings. The number of H-pyrrole nitrogens is 1. The molecule has 0 saturated carbocycles. The SMILES string of the molecule is CCc1cc(-c2cnccc2C(=O)O)c(C)[nH]c1=O. The maximum absolute atomic E-state index is 11.7. The van der Waals surface area contributed by atoms with E-state index >= 15 is 0 Å². The molecule has 0 aliphatic heterocycles. The van der Waals surface area contributed by atoms with E-state index in [0.717, 1.165) is 0 Å². The summed E-state index contributed by atoms with van der Waals surface area (Å²) < 4.78 is 0. The number of nitrogens with one attached hydrogen (secondary N) is 1. The molecule has 19 heavy (non-hydrogen) atoms. The van der Waals surface area contributed by atoms with Gasteiger partial charge in [-0.15, -0.1) is 0 Å². The predicted molar refractivity (Wildman–Crippen MR) is 71.4 cm³/mol. The third-order valence-corrected chi connectivity index (χ3v) is 3.04. The molecule has 5 heteroatoms. The fraction of sp³-hybridized carbons (Fsp3) is 0.214. The van der Waals surface area contributed by atoms with Gasteiger partial charge in [0.15, 0.2) is 0 Å². The Hall–Kier alpha value is -2.43. The quantitative estimate of drug-likeness (QED) is 0.882. The van der Waals surface area contributed by atoms with Crippen LogP contribution >= 0.6 is 0 Å². The van der Waals surface area contributed by atoms with Crippen LogP contribution in [-0.4, -0.2) is 21.0 Å². The second kappa shape index (κ2) is 5.06. The Morgan fingerprint density at radius 3 is 2.79 bits per heavy atom. The van der Waals surface area contributed by atoms with Crippen LogP contribution < -0.4 is 5.56 Å². The molecule has 0 bridgehead atoms. The fourth-order valence-electron chi connectivity index (χ4n) is 2.00. The van der Waals surface area contributed by atoms with Crippen molar-refractivity contribution < 1.29 is 9.90 Å². The van der Waals surface area contributed by atoms with Crippen molar-refractivity contribution in [3.8, 4) is 11.1 Å². The topological polar surface area (TPSA) is 83.0 Å². The molecule has 0 amide bonds. The van der Waals surface area contributed by atoms with Crippen molar-refractivity contribution in [2.45, 2.75) is 20.3 Å². The predicted octanol–water partition coefficient (Wildman–Crippen LogP) is 2.01. The number of aromatic amines is 1. The summed E-state index contributed by atoms with van der Waals surface area (Å²) in [6, 6.07) is 3.19. The standard InChI is InChI=1S/C14H14N2O3/c1-3-9-6-11(8(2)16-13(9)17)12-7-15-5-4-10(12)14(18)19/h4-7H,3H2,1-2H3,(H,16,17)(H,18,19). The van der Waals surface area contributed by atoms with E-state index < -0.39 is 5.97 Å². The van der Waals surface area contributed by atoms with Crippen molar-refractivity contribution >= 4 is 5.97 Å². The van der Waals surface area contributed by atoms with Crippen molar-refractivity contribution in [1.82, 2.24) is 9.97 Å². The summed E-state index contributed by atoms with van der Waals surface area (Å²) >= 11 is 0. The third-order valence-electron chi connectivity index (χ3n) is 3.04. The summed E-state index contributed by atoms with van der Waals surface area (Å²) in [5.74, 6) is -1.01. The molecular formula is C14H14N2O3. The number of hydrogen-bond acceptors (Lipinski definition) is 3. The number of pyridine rings is 2. The van der Waals surface area contributed by atoms with E-state index in [1.807, 2.05) is 6.92 Å². The van der Waals surface area contributed by atoms with Crippen molar-refractivity contribution in [1.29, 1.82) is 0 Å². The molecule has 98 valence electrons. The van der Waals surface area contributed by atoms with Crippen LogP contribution in [0.5, 0.6) is 0 Å². The van der Waals surface area contributed by atoms with Crippen molar-refractivity contribution in [2.24, 2.45) is 0 Å². The Bertz CT molecular complexity index is 689. The molecule has 0 atom stereocenters. The molecule has 0 aromatic carbocycles. The maximum Gasteiger partial charge on any atom is 0.336 e. The molecule has 0 saturated heterocycles. The van der Waals surface area contributed by atoms with Crippen molar-refractivity contribution in [3.63, 3.8) is 0 Å². The summed E-state index contributed by atoms with van der Waals surface area (Å²) in [5, 5.41) is 9.20. The van der Waals surface area contributed by atoms with Gasteiger partial charge in [-0.2, -0.15) is 0 Å². The van der Waals surface area contributed by atoms with Gasteiger partial charge < -0.3 is 10.1 Å². The first-order chi connectivity index (χ1) is 9.04. The normalized spacial score (nSPS) is 10.4. The van der Waals surface area contributed by atoms with E-state index in [4.69, 9.17) is 0 Å². The lowest BCUT2D eigenvalue weighted by molar-refractivity contribution is 0.0697. The zero-order chi connectivity index (χ0) is 14.0. The largest absolute Gasteiger partial charge is 0.478 e. The number of nitrogens with zero attached hydrogens (tertiary/aromatic N) is 1. The molecule has 0 fully saturated rings. The minimum atomic E-state index is -1.01. The van der Waals surface area contributed by atoms with Crippen LogP contribution in [0.4, 0.5) is 0 Å². The van der Waals surface area contributed by atoms with Crippen LogP contribution in [0.2, 0.25) is 0 Å². The fourth-order valence-corrected chi connectivity index (χ4v) is 2.00. The van der Waals surface area contributed by atoms with Gasteiger partial charge in [0.05, 0.1) is 5.56 Å². The number of rotatable bonds is 3. The molecule has 2 aromatic rings. The summed E-state index contributed by atoms with van der Waals surface area (Å²) in [6.45, 7) is 3.62. The molecule has 2 rings (SSSR count). The van der Waals surface area contributed by atoms with E-state index in [1.54, 1.807) is 13.0 Å². The van der Waals surface area contributed by atoms with Gasteiger partial charge in [-0.25, -0.2) is 4.79 Å². The van der Waals surface area contributed by atoms with Gasteiger partial charge in [-0.05, 0) is 25.5 Å². The average molecular weight is 258 g/mol. The Morgan fingerprint density at radius 2 is 2.16 bits per heavy atom. The summed E-state index contributed by atoms with van der Waals surface area (Å²) in [5.41, 5.74) is 2.51. The molecule has 0 radical (unpaired) electrons. The zero-order valence-electron chi connectivity index (χ0n) is 10.7. The van der Waals surface area contributed by atoms with E-state index in [2.05, 4.69) is 9.97 Å². The Balaban J connectivity index is 2.72. The van der Waals surface area contributed by atoms with Crippen LogP contribution in [-0.2, 0) is 6.42 Å². The zero-order valence-corrected chi connectivity index (χ0v) is 10.7. The number of aromatic nitrogens is 2. The first-order valence-electron chi connectivity index (χ1n) is 5.95. The highest BCUT2D eigenvalue weighted by Gasteiger charge is 2.14. The maximum atomic E-state index is 11.7. The summed E-state index contributed by atoms with van der Waals surface area (Å²) in [4.78, 5) is 29.6. The second-order valence-electron chi connectivity index (χ2n) is 4.24. The highest BCUT2D eigenvalue weighted by atomic mass is 16.4. The van der Waals surface area contributed by atoms with E-state index in [1.165, 1.54) is 18.5 Å². The average Bonchev–Trinajstić information content (AvgIpc) is 2.39. The van der Waals surface area contributed by atoms with Crippen molar-refractivity contribution in [3.05, 3.63) is 51.7 Å². The molecule has 2 N–H and O–H groups in total. The lowest BCUT2D eigenvalue weighted by Crippen LogP contribution is -2.14. The smallest absolute Gasteiger partial charge is 0.336 e. The molecular weight excluding hydrogens is 244 g/mol. The highest BCUT2D eigenvalue weighted by Crippen LogP contribution is 2.25. The third kappa shape index (κ3) is 2.40. The molecule has 2 aromatic heterocycles. The number of carboxylic acid groups (broad SMARTS) is 1. The first-order valence-corrected chi connectivity index (χ1v) is 5.95. The van der Waals surface area contributed by atoms with Crippen LogP contribution in [0, 0.1) is 6.92 Å². The second-order valence-corrected chi connectivity index (χ2v) is 4.24. The summed E-state index contributed by atoms with van der Waals surface area (Å²) in [7, 11) is 0. The van der Waals surface area contributed by atoms with Gasteiger partial charge in [0.2, 0.25) is 0 Å². The molecule has 0 unspecified atom stereocenters. The Morgan fingerprint density at radius 1 is 1.42 bits per heavy atom. The van der Waals surface area contributed by atoms with Crippen molar-refractivity contribution in [2.75, 3.05) is 0 Å². The Kier molecular flexibility index (Phi) is 3.46. The number of carbonyl (C=O) groups is 1. The first kappa shape index (κ1) is 13.0. The summed E-state index contributed by atoms with van der Waals surface area (Å²) in [6.07, 6.45) is 3.53. The van der Waals surface area contributed by atoms with Gasteiger partial charge in [-0.1, -0.05) is 6.92 Å². The minimum Gasteiger partial charge on any atom is -0.478 e. The van der Waals surface area contributed by atoms with E-state index in [9.17, 15) is 14.7 Å². The molecule has 0 aliphatic carbocycles. The highest BCUT2D eigenvalue weighted by molar-refractivity contribution is 5.96. The number of aryl methyl sites for hydroxylation is 2. The van der Waals surface area contributed by atoms with E-state index in [-0.39, 0.29) is 11.1 Å². The Labute approximate surface area is 110 Å². The van der Waals surface area contributed by atoms with Gasteiger partial charge in [0, 0.05) is 34.8 Å². The van der Waals surface area contributed by atoms with Gasteiger partial charge in [0.25, 0.3) is 5.56 Å². The van der Waals surface area contributed by atoms with Gasteiger partial charge >= 0.3 is 5.97 Å². The van der Waals surface area contributed by atoms with Crippen LogP contribution in [0.3, 0.4) is 0 Å². The number of hydrogen-bond donors (Lipinski definition) is 2. The lowest BCUT2D eigenvalue weighted by atomic mass is 9.99. The van der Waals surface area contributed by atoms with Crippen LogP contribution in [0.15, 0.2) is 29.3 Å². The number of carboxylic acids is 1. The van der Waals surface area contributed by atoms with E-state index in [0.29, 0.717) is 28.8 Å². The number of aromatic carboxylic acids is 1. The van der Waals surface area contributed by atoms with Crippen LogP contribution in [0.25, 0.3) is 11.1 Å². The van der Waals surface area contributed by atoms with Gasteiger partial charge in [0.1, 0.15) is 0 Å². The van der Waals surface area contributed by atoms with Crippen LogP contribution in [0.1, 0.15) is 28.5 Å². The molecule has 0 spiro atoms. The molecule has 5 nitrogen and oxygen atoms in total. The lowest BCUT2D eigenvalue weighted by Gasteiger charge is -2.10. The monoisotopic (exact) mass is 258 g/mol.